The van der Waals surface area contributed by atoms with Crippen molar-refractivity contribution in [2.24, 2.45) is 40.4 Å². The number of carbonyl (C=O) groups is 1. The monoisotopic (exact) mass is 361 g/mol. The van der Waals surface area contributed by atoms with Gasteiger partial charge in [0, 0.05) is 6.42 Å². The summed E-state index contributed by atoms with van der Waals surface area (Å²) in [5.41, 5.74) is 2.93. The standard InChI is InChI=1S/C23H39NO2/c1-22-14-4-3-6-16(22)9-11-18-19-12-10-17(7-5-8-21(25)24-26)23(19,2)15-13-20(18)22/h16-20,26H,3-15H2,1-2H3,(H,24,25)/t16?,17-,18-,19?,20?,22-,23+/m0/s1. The van der Waals surface area contributed by atoms with Crippen LogP contribution in [0.15, 0.2) is 0 Å². The molecule has 148 valence electrons. The SMILES string of the molecule is C[C@]12CCCCC1CC[C@@H]1C2CC[C@@]2(C)C1CC[C@@H]2CCCC(=O)NO. The highest BCUT2D eigenvalue weighted by atomic mass is 16.5. The maximum atomic E-state index is 11.3. The van der Waals surface area contributed by atoms with Gasteiger partial charge in [0.2, 0.25) is 5.91 Å². The van der Waals surface area contributed by atoms with Gasteiger partial charge in [-0.15, -0.1) is 0 Å². The van der Waals surface area contributed by atoms with Crippen LogP contribution in [0.4, 0.5) is 0 Å². The van der Waals surface area contributed by atoms with Crippen LogP contribution in [0.1, 0.15) is 97.3 Å². The Hall–Kier alpha value is -0.570. The molecule has 3 unspecified atom stereocenters. The Bertz CT molecular complexity index is 534. The first-order valence-corrected chi connectivity index (χ1v) is 11.4. The van der Waals surface area contributed by atoms with E-state index in [1.54, 1.807) is 5.48 Å². The van der Waals surface area contributed by atoms with Gasteiger partial charge in [-0.25, -0.2) is 5.48 Å². The topological polar surface area (TPSA) is 49.3 Å². The fourth-order valence-corrected chi connectivity index (χ4v) is 8.44. The molecule has 0 aromatic heterocycles. The molecule has 4 saturated carbocycles. The van der Waals surface area contributed by atoms with Crippen molar-refractivity contribution in [3.05, 3.63) is 0 Å². The molecule has 2 N–H and O–H groups in total. The third kappa shape index (κ3) is 2.93. The molecule has 1 amide bonds. The molecule has 4 rings (SSSR count). The number of carbonyl (C=O) groups excluding carboxylic acids is 1. The quantitative estimate of drug-likeness (QED) is 0.497. The second-order valence-corrected chi connectivity index (χ2v) is 10.6. The van der Waals surface area contributed by atoms with E-state index in [2.05, 4.69) is 13.8 Å². The molecule has 0 aliphatic heterocycles. The van der Waals surface area contributed by atoms with Crippen molar-refractivity contribution in [3.63, 3.8) is 0 Å². The van der Waals surface area contributed by atoms with Crippen LogP contribution in [0, 0.1) is 40.4 Å². The van der Waals surface area contributed by atoms with E-state index in [1.165, 1.54) is 64.2 Å². The number of amides is 1. The van der Waals surface area contributed by atoms with Crippen LogP contribution in [0.5, 0.6) is 0 Å². The predicted octanol–water partition coefficient (Wildman–Crippen LogP) is 5.71. The molecule has 0 spiro atoms. The van der Waals surface area contributed by atoms with Crippen molar-refractivity contribution >= 4 is 5.91 Å². The van der Waals surface area contributed by atoms with Crippen molar-refractivity contribution < 1.29 is 10.0 Å². The van der Waals surface area contributed by atoms with Crippen molar-refractivity contribution in [1.82, 2.24) is 5.48 Å². The maximum absolute atomic E-state index is 11.3. The molecule has 0 heterocycles. The Labute approximate surface area is 159 Å². The number of fused-ring (bicyclic) bond motifs is 5. The van der Waals surface area contributed by atoms with Crippen LogP contribution < -0.4 is 5.48 Å². The lowest BCUT2D eigenvalue weighted by Crippen LogP contribution is -2.52. The van der Waals surface area contributed by atoms with E-state index in [-0.39, 0.29) is 5.91 Å². The van der Waals surface area contributed by atoms with Crippen LogP contribution in [-0.4, -0.2) is 11.1 Å². The Balaban J connectivity index is 1.45. The summed E-state index contributed by atoms with van der Waals surface area (Å²) in [4.78, 5) is 11.3. The van der Waals surface area contributed by atoms with Gasteiger partial charge in [0.15, 0.2) is 0 Å². The van der Waals surface area contributed by atoms with Crippen molar-refractivity contribution in [2.75, 3.05) is 0 Å². The minimum Gasteiger partial charge on any atom is -0.289 e. The number of rotatable bonds is 4. The Morgan fingerprint density at radius 1 is 0.962 bits per heavy atom. The van der Waals surface area contributed by atoms with E-state index in [0.717, 1.165) is 42.4 Å². The molecule has 4 aliphatic carbocycles. The van der Waals surface area contributed by atoms with Crippen LogP contribution >= 0.6 is 0 Å². The summed E-state index contributed by atoms with van der Waals surface area (Å²) in [6, 6.07) is 0. The average molecular weight is 362 g/mol. The third-order valence-electron chi connectivity index (χ3n) is 9.86. The van der Waals surface area contributed by atoms with Gasteiger partial charge in [-0.3, -0.25) is 10.0 Å². The van der Waals surface area contributed by atoms with Crippen molar-refractivity contribution in [1.29, 1.82) is 0 Å². The fraction of sp³-hybridized carbons (Fsp3) is 0.957. The summed E-state index contributed by atoms with van der Waals surface area (Å²) in [6.45, 7) is 5.25. The minimum absolute atomic E-state index is 0.225. The lowest BCUT2D eigenvalue weighted by atomic mass is 9.45. The van der Waals surface area contributed by atoms with E-state index in [1.807, 2.05) is 0 Å². The number of hydrogen-bond acceptors (Lipinski definition) is 2. The summed E-state index contributed by atoms with van der Waals surface area (Å²) in [5.74, 6) is 4.46. The van der Waals surface area contributed by atoms with Crippen LogP contribution in [0.3, 0.4) is 0 Å². The molecule has 4 fully saturated rings. The average Bonchev–Trinajstić information content (AvgIpc) is 2.97. The predicted molar refractivity (Wildman–Crippen MR) is 104 cm³/mol. The largest absolute Gasteiger partial charge is 0.289 e. The van der Waals surface area contributed by atoms with Gasteiger partial charge >= 0.3 is 0 Å². The molecule has 7 atom stereocenters. The van der Waals surface area contributed by atoms with E-state index in [9.17, 15) is 4.79 Å². The first-order valence-electron chi connectivity index (χ1n) is 11.4. The van der Waals surface area contributed by atoms with Gasteiger partial charge in [-0.05, 0) is 105 Å². The maximum Gasteiger partial charge on any atom is 0.243 e. The number of hydroxylamine groups is 1. The summed E-state index contributed by atoms with van der Waals surface area (Å²) in [7, 11) is 0. The lowest BCUT2D eigenvalue weighted by molar-refractivity contribution is -0.129. The Morgan fingerprint density at radius 2 is 1.77 bits per heavy atom. The fourth-order valence-electron chi connectivity index (χ4n) is 8.44. The van der Waals surface area contributed by atoms with E-state index in [4.69, 9.17) is 5.21 Å². The van der Waals surface area contributed by atoms with Gasteiger partial charge in [0.25, 0.3) is 0 Å². The van der Waals surface area contributed by atoms with E-state index >= 15 is 0 Å². The number of hydrogen-bond donors (Lipinski definition) is 2. The molecule has 0 saturated heterocycles. The molecular weight excluding hydrogens is 322 g/mol. The second-order valence-electron chi connectivity index (χ2n) is 10.6. The molecule has 4 aliphatic rings. The first-order chi connectivity index (χ1) is 12.5. The summed E-state index contributed by atoms with van der Waals surface area (Å²) >= 11 is 0. The summed E-state index contributed by atoms with van der Waals surface area (Å²) in [5, 5.41) is 8.71. The van der Waals surface area contributed by atoms with E-state index in [0.29, 0.717) is 17.3 Å². The zero-order valence-corrected chi connectivity index (χ0v) is 16.9. The zero-order chi connectivity index (χ0) is 18.4. The van der Waals surface area contributed by atoms with Gasteiger partial charge in [-0.2, -0.15) is 0 Å². The van der Waals surface area contributed by atoms with Gasteiger partial charge in [0.05, 0.1) is 0 Å². The van der Waals surface area contributed by atoms with Crippen molar-refractivity contribution in [2.45, 2.75) is 97.3 Å². The Kier molecular flexibility index (Phi) is 5.14. The molecule has 0 aromatic carbocycles. The Morgan fingerprint density at radius 3 is 2.58 bits per heavy atom. The van der Waals surface area contributed by atoms with Crippen LogP contribution in [-0.2, 0) is 4.79 Å². The number of nitrogens with one attached hydrogen (secondary N) is 1. The van der Waals surface area contributed by atoms with Crippen LogP contribution in [0.25, 0.3) is 0 Å². The van der Waals surface area contributed by atoms with E-state index < -0.39 is 0 Å². The molecule has 26 heavy (non-hydrogen) atoms. The highest BCUT2D eigenvalue weighted by molar-refractivity contribution is 5.74. The summed E-state index contributed by atoms with van der Waals surface area (Å²) in [6.07, 6.45) is 17.1. The van der Waals surface area contributed by atoms with Gasteiger partial charge in [0.1, 0.15) is 0 Å². The molecule has 0 radical (unpaired) electrons. The molecule has 0 bridgehead atoms. The first kappa shape index (κ1) is 18.8. The zero-order valence-electron chi connectivity index (χ0n) is 16.9. The summed E-state index contributed by atoms with van der Waals surface area (Å²) < 4.78 is 0. The molecule has 3 heteroatoms. The lowest BCUT2D eigenvalue weighted by Gasteiger charge is -2.60. The molecule has 3 nitrogen and oxygen atoms in total. The van der Waals surface area contributed by atoms with Crippen LogP contribution in [0.2, 0.25) is 0 Å². The second kappa shape index (κ2) is 7.11. The normalized spacial score (nSPS) is 47.6. The van der Waals surface area contributed by atoms with Crippen molar-refractivity contribution in [3.8, 4) is 0 Å². The highest BCUT2D eigenvalue weighted by Gasteiger charge is 2.59. The van der Waals surface area contributed by atoms with Gasteiger partial charge < -0.3 is 0 Å². The third-order valence-corrected chi connectivity index (χ3v) is 9.86. The smallest absolute Gasteiger partial charge is 0.243 e. The minimum atomic E-state index is -0.225. The highest BCUT2D eigenvalue weighted by Crippen LogP contribution is 2.67. The molecule has 0 aromatic rings. The van der Waals surface area contributed by atoms with Gasteiger partial charge in [-0.1, -0.05) is 26.7 Å². The molecular formula is C23H39NO2.